The zero-order chi connectivity index (χ0) is 16.2. The second-order valence-electron chi connectivity index (χ2n) is 6.14. The minimum absolute atomic E-state index is 0.135. The lowest BCUT2D eigenvalue weighted by Gasteiger charge is -2.35. The van der Waals surface area contributed by atoms with Gasteiger partial charge < -0.3 is 14.2 Å². The molecule has 2 aliphatic heterocycles. The van der Waals surface area contributed by atoms with Crippen LogP contribution in [0.1, 0.15) is 12.7 Å². The number of furan rings is 1. The average Bonchev–Trinajstić information content (AvgIpc) is 3.19. The SMILES string of the molecule is CC1CN=C(N2CCN(CC(=O)N(C)Cc3ccco3)CC2)S1. The molecule has 0 aromatic carbocycles. The van der Waals surface area contributed by atoms with E-state index in [9.17, 15) is 4.79 Å². The quantitative estimate of drug-likeness (QED) is 0.831. The molecule has 1 fully saturated rings. The van der Waals surface area contributed by atoms with E-state index in [0.29, 0.717) is 18.3 Å². The van der Waals surface area contributed by atoms with Gasteiger partial charge in [-0.25, -0.2) is 0 Å². The molecule has 1 aromatic heterocycles. The van der Waals surface area contributed by atoms with Crippen molar-refractivity contribution in [2.45, 2.75) is 18.7 Å². The van der Waals surface area contributed by atoms with Crippen molar-refractivity contribution in [1.29, 1.82) is 0 Å². The summed E-state index contributed by atoms with van der Waals surface area (Å²) in [7, 11) is 1.83. The monoisotopic (exact) mass is 336 g/mol. The number of likely N-dealkylation sites (N-methyl/N-ethyl adjacent to an activating group) is 1. The first-order valence-electron chi connectivity index (χ1n) is 8.06. The Labute approximate surface area is 141 Å². The molecule has 0 radical (unpaired) electrons. The van der Waals surface area contributed by atoms with E-state index in [0.717, 1.165) is 38.5 Å². The molecule has 0 N–H and O–H groups in total. The molecule has 23 heavy (non-hydrogen) atoms. The van der Waals surface area contributed by atoms with Crippen molar-refractivity contribution >= 4 is 22.8 Å². The van der Waals surface area contributed by atoms with E-state index >= 15 is 0 Å². The Balaban J connectivity index is 1.42. The maximum Gasteiger partial charge on any atom is 0.236 e. The van der Waals surface area contributed by atoms with Gasteiger partial charge >= 0.3 is 0 Å². The molecule has 1 atom stereocenters. The molecule has 1 unspecified atom stereocenters. The topological polar surface area (TPSA) is 52.3 Å². The number of rotatable bonds is 4. The lowest BCUT2D eigenvalue weighted by Crippen LogP contribution is -2.50. The van der Waals surface area contributed by atoms with Crippen molar-refractivity contribution in [2.75, 3.05) is 46.3 Å². The van der Waals surface area contributed by atoms with Gasteiger partial charge in [0.05, 0.1) is 25.9 Å². The number of nitrogens with zero attached hydrogens (tertiary/aromatic N) is 4. The maximum atomic E-state index is 12.3. The van der Waals surface area contributed by atoms with E-state index in [-0.39, 0.29) is 5.91 Å². The van der Waals surface area contributed by atoms with Gasteiger partial charge in [0.25, 0.3) is 0 Å². The summed E-state index contributed by atoms with van der Waals surface area (Å²) in [6.45, 7) is 7.86. The lowest BCUT2D eigenvalue weighted by atomic mass is 10.3. The summed E-state index contributed by atoms with van der Waals surface area (Å²) >= 11 is 1.87. The van der Waals surface area contributed by atoms with Crippen LogP contribution in [0.4, 0.5) is 0 Å². The van der Waals surface area contributed by atoms with Crippen molar-refractivity contribution in [1.82, 2.24) is 14.7 Å². The molecule has 2 aliphatic rings. The molecular weight excluding hydrogens is 312 g/mol. The van der Waals surface area contributed by atoms with Crippen LogP contribution in [-0.4, -0.2) is 77.3 Å². The number of piperazine rings is 1. The summed E-state index contributed by atoms with van der Waals surface area (Å²) in [4.78, 5) is 23.2. The number of carbonyl (C=O) groups is 1. The zero-order valence-electron chi connectivity index (χ0n) is 13.8. The zero-order valence-corrected chi connectivity index (χ0v) is 14.6. The second kappa shape index (κ2) is 7.40. The maximum absolute atomic E-state index is 12.3. The van der Waals surface area contributed by atoms with Gasteiger partial charge in [0, 0.05) is 38.5 Å². The van der Waals surface area contributed by atoms with Crippen LogP contribution in [0.5, 0.6) is 0 Å². The third-order valence-electron chi connectivity index (χ3n) is 4.19. The Hall–Kier alpha value is -1.47. The molecule has 126 valence electrons. The Bertz CT molecular complexity index is 552. The summed E-state index contributed by atoms with van der Waals surface area (Å²) in [6.07, 6.45) is 1.64. The van der Waals surface area contributed by atoms with Crippen molar-refractivity contribution in [3.63, 3.8) is 0 Å². The molecule has 1 saturated heterocycles. The first-order valence-corrected chi connectivity index (χ1v) is 8.94. The first-order chi connectivity index (χ1) is 11.1. The van der Waals surface area contributed by atoms with Gasteiger partial charge in [0.1, 0.15) is 5.76 Å². The van der Waals surface area contributed by atoms with Gasteiger partial charge in [-0.3, -0.25) is 14.7 Å². The molecule has 0 bridgehead atoms. The van der Waals surface area contributed by atoms with E-state index in [1.54, 1.807) is 11.2 Å². The molecule has 3 heterocycles. The average molecular weight is 336 g/mol. The van der Waals surface area contributed by atoms with Crippen LogP contribution < -0.4 is 0 Å². The van der Waals surface area contributed by atoms with Gasteiger partial charge in [-0.15, -0.1) is 0 Å². The van der Waals surface area contributed by atoms with Crippen molar-refractivity contribution < 1.29 is 9.21 Å². The predicted octanol–water partition coefficient (Wildman–Crippen LogP) is 1.35. The van der Waals surface area contributed by atoms with Crippen molar-refractivity contribution in [2.24, 2.45) is 4.99 Å². The van der Waals surface area contributed by atoms with E-state index in [1.165, 1.54) is 5.17 Å². The molecule has 6 nitrogen and oxygen atoms in total. The summed E-state index contributed by atoms with van der Waals surface area (Å²) in [6, 6.07) is 3.74. The summed E-state index contributed by atoms with van der Waals surface area (Å²) in [5, 5.41) is 1.78. The normalized spacial score (nSPS) is 22.3. The minimum atomic E-state index is 0.135. The van der Waals surface area contributed by atoms with E-state index in [4.69, 9.17) is 4.42 Å². The van der Waals surface area contributed by atoms with E-state index < -0.39 is 0 Å². The fourth-order valence-corrected chi connectivity index (χ4v) is 3.76. The van der Waals surface area contributed by atoms with Crippen molar-refractivity contribution in [3.8, 4) is 0 Å². The van der Waals surface area contributed by atoms with Gasteiger partial charge in [-0.1, -0.05) is 18.7 Å². The Morgan fingerprint density at radius 3 is 2.83 bits per heavy atom. The fourth-order valence-electron chi connectivity index (χ4n) is 2.77. The molecule has 0 saturated carbocycles. The molecule has 0 aliphatic carbocycles. The standard InChI is InChI=1S/C16H24N4O2S/c1-13-10-17-16(23-13)20-7-5-19(6-8-20)12-15(21)18(2)11-14-4-3-9-22-14/h3-4,9,13H,5-8,10-12H2,1-2H3. The number of hydrogen-bond donors (Lipinski definition) is 0. The third-order valence-corrected chi connectivity index (χ3v) is 5.34. The number of amidine groups is 1. The largest absolute Gasteiger partial charge is 0.467 e. The van der Waals surface area contributed by atoms with E-state index in [2.05, 4.69) is 21.7 Å². The van der Waals surface area contributed by atoms with Gasteiger partial charge in [0.15, 0.2) is 5.17 Å². The van der Waals surface area contributed by atoms with Crippen molar-refractivity contribution in [3.05, 3.63) is 24.2 Å². The Morgan fingerprint density at radius 2 is 2.22 bits per heavy atom. The molecule has 3 rings (SSSR count). The number of amides is 1. The van der Waals surface area contributed by atoms with Crippen LogP contribution >= 0.6 is 11.8 Å². The van der Waals surface area contributed by atoms with Gasteiger partial charge in [-0.05, 0) is 12.1 Å². The van der Waals surface area contributed by atoms with Crippen LogP contribution in [0.2, 0.25) is 0 Å². The second-order valence-corrected chi connectivity index (χ2v) is 7.55. The molecule has 1 aromatic rings. The number of aliphatic imine (C=N–C) groups is 1. The van der Waals surface area contributed by atoms with Crippen LogP contribution in [0, 0.1) is 0 Å². The summed E-state index contributed by atoms with van der Waals surface area (Å²) in [5.74, 6) is 0.951. The van der Waals surface area contributed by atoms with E-state index in [1.807, 2.05) is 30.9 Å². The highest BCUT2D eigenvalue weighted by atomic mass is 32.2. The minimum Gasteiger partial charge on any atom is -0.467 e. The molecule has 1 amide bonds. The first kappa shape index (κ1) is 16.4. The molecule has 0 spiro atoms. The smallest absolute Gasteiger partial charge is 0.236 e. The summed E-state index contributed by atoms with van der Waals surface area (Å²) in [5.41, 5.74) is 0. The lowest BCUT2D eigenvalue weighted by molar-refractivity contribution is -0.132. The Kier molecular flexibility index (Phi) is 5.27. The predicted molar refractivity (Wildman–Crippen MR) is 92.6 cm³/mol. The number of hydrogen-bond acceptors (Lipinski definition) is 6. The highest BCUT2D eigenvalue weighted by Crippen LogP contribution is 2.23. The molecular formula is C16H24N4O2S. The van der Waals surface area contributed by atoms with Crippen LogP contribution in [0.3, 0.4) is 0 Å². The van der Waals surface area contributed by atoms with Crippen LogP contribution in [-0.2, 0) is 11.3 Å². The fraction of sp³-hybridized carbons (Fsp3) is 0.625. The highest BCUT2D eigenvalue weighted by Gasteiger charge is 2.26. The third kappa shape index (κ3) is 4.29. The number of carbonyl (C=O) groups excluding carboxylic acids is 1. The van der Waals surface area contributed by atoms with Gasteiger partial charge in [-0.2, -0.15) is 0 Å². The number of thioether (sulfide) groups is 1. The van der Waals surface area contributed by atoms with Gasteiger partial charge in [0.2, 0.25) is 5.91 Å². The molecule has 7 heteroatoms. The highest BCUT2D eigenvalue weighted by molar-refractivity contribution is 8.14. The van der Waals surface area contributed by atoms with Crippen LogP contribution in [0.25, 0.3) is 0 Å². The summed E-state index contributed by atoms with van der Waals surface area (Å²) < 4.78 is 5.29. The van der Waals surface area contributed by atoms with Crippen LogP contribution in [0.15, 0.2) is 27.8 Å². The Morgan fingerprint density at radius 1 is 1.43 bits per heavy atom.